The maximum atomic E-state index is 6.56. The highest BCUT2D eigenvalue weighted by Crippen LogP contribution is 2.46. The summed E-state index contributed by atoms with van der Waals surface area (Å²) in [5.41, 5.74) is 20.9. The Bertz CT molecular complexity index is 4090. The van der Waals surface area contributed by atoms with E-state index in [0.717, 1.165) is 98.6 Å². The van der Waals surface area contributed by atoms with Gasteiger partial charge in [0.05, 0.1) is 18.2 Å². The smallest absolute Gasteiger partial charge is 0.135 e. The van der Waals surface area contributed by atoms with Crippen LogP contribution < -0.4 is 5.32 Å². The minimum atomic E-state index is -0.0905. The van der Waals surface area contributed by atoms with E-state index in [1.54, 1.807) is 0 Å². The summed E-state index contributed by atoms with van der Waals surface area (Å²) >= 11 is 0. The molecule has 0 bridgehead atoms. The summed E-state index contributed by atoms with van der Waals surface area (Å²) < 4.78 is 19.0. The van der Waals surface area contributed by atoms with Crippen LogP contribution in [0.5, 0.6) is 0 Å². The molecule has 0 amide bonds. The highest BCUT2D eigenvalue weighted by atomic mass is 16.5. The summed E-state index contributed by atoms with van der Waals surface area (Å²) in [5.74, 6) is 1.79. The number of fused-ring (bicyclic) bond motifs is 9. The normalized spacial score (nSPS) is 22.2. The van der Waals surface area contributed by atoms with Crippen LogP contribution >= 0.6 is 0 Å². The van der Waals surface area contributed by atoms with Gasteiger partial charge in [-0.05, 0) is 172 Å². The fraction of sp³-hybridized carbons (Fsp3) is 0.157. The summed E-state index contributed by atoms with van der Waals surface area (Å²) in [6.07, 6.45) is 30.2. The number of para-hydroxylation sites is 2. The van der Waals surface area contributed by atoms with Crippen molar-refractivity contribution >= 4 is 66.6 Å². The van der Waals surface area contributed by atoms with E-state index in [-0.39, 0.29) is 18.2 Å². The monoisotopic (exact) mass is 970 g/mol. The molecule has 1 N–H and O–H groups in total. The van der Waals surface area contributed by atoms with Crippen LogP contribution in [0.2, 0.25) is 0 Å². The first-order chi connectivity index (χ1) is 37.1. The topological polar surface area (TPSA) is 59.9 Å². The molecular weight excluding hydrogens is 917 g/mol. The van der Waals surface area contributed by atoms with Gasteiger partial charge in [-0.25, -0.2) is 0 Å². The molecule has 2 aliphatic heterocycles. The Morgan fingerprint density at radius 2 is 1.16 bits per heavy atom. The second-order valence-electron chi connectivity index (χ2n) is 21.1. The molecule has 5 nitrogen and oxygen atoms in total. The number of benzene rings is 7. The standard InChI is InChI=1S/C70H54N2O3/c1-2-11-47(12-3-1)70-71-62(42-63(72-70)46-27-23-44(24-28-46)50-29-32-67-59(39-50)56-15-4-7-18-64(56)73-67)45-25-21-43(22-26-45)48-13-10-14-49(35-48)53-36-54(51-30-33-68-60(40-51)57-16-5-8-19-65(57)74-68)38-55(37-53)52-31-34-69-61(41-52)58-17-6-9-20-66(58)75-69/h1-5,7-9,11-13,15-16,18-21,23-25,27-42,58,61-62,66,69H,6,10,14,17,22,26H2,(H,71,72). The Balaban J connectivity index is 0.745. The summed E-state index contributed by atoms with van der Waals surface area (Å²) in [6.45, 7) is 0. The summed E-state index contributed by atoms with van der Waals surface area (Å²) in [7, 11) is 0. The molecule has 75 heavy (non-hydrogen) atoms. The second kappa shape index (κ2) is 18.2. The lowest BCUT2D eigenvalue weighted by Gasteiger charge is -2.27. The zero-order valence-electron chi connectivity index (χ0n) is 41.6. The van der Waals surface area contributed by atoms with Gasteiger partial charge in [-0.2, -0.15) is 0 Å². The van der Waals surface area contributed by atoms with E-state index in [0.29, 0.717) is 11.8 Å². The van der Waals surface area contributed by atoms with Gasteiger partial charge in [-0.1, -0.05) is 158 Å². The number of ether oxygens (including phenoxy) is 1. The number of hydrogen-bond acceptors (Lipinski definition) is 5. The predicted molar refractivity (Wildman–Crippen MR) is 308 cm³/mol. The number of nitrogens with zero attached hydrogens (tertiary/aromatic N) is 1. The average Bonchev–Trinajstić information content (AvgIpc) is 4.19. The molecule has 4 heterocycles. The van der Waals surface area contributed by atoms with E-state index in [1.165, 1.54) is 67.7 Å². The number of allylic oxidation sites excluding steroid dienone is 10. The van der Waals surface area contributed by atoms with E-state index in [9.17, 15) is 0 Å². The number of amidine groups is 1. The molecule has 0 radical (unpaired) electrons. The number of aliphatic imine (C=N–C) groups is 1. The minimum Gasteiger partial charge on any atom is -0.456 e. The molecule has 5 atom stereocenters. The molecule has 0 saturated carbocycles. The maximum absolute atomic E-state index is 6.56. The second-order valence-corrected chi connectivity index (χ2v) is 21.1. The van der Waals surface area contributed by atoms with Crippen molar-refractivity contribution in [2.45, 2.75) is 56.8 Å². The molecular formula is C70H54N2O3. The Hall–Kier alpha value is -8.51. The van der Waals surface area contributed by atoms with Crippen LogP contribution in [-0.4, -0.2) is 24.1 Å². The zero-order chi connectivity index (χ0) is 49.4. The molecule has 362 valence electrons. The van der Waals surface area contributed by atoms with E-state index in [1.807, 2.05) is 18.2 Å². The first kappa shape index (κ1) is 44.0. The van der Waals surface area contributed by atoms with Crippen molar-refractivity contribution in [3.05, 3.63) is 257 Å². The third kappa shape index (κ3) is 8.01. The van der Waals surface area contributed by atoms with Crippen molar-refractivity contribution in [1.82, 2.24) is 5.32 Å². The lowest BCUT2D eigenvalue weighted by Crippen LogP contribution is -2.30. The van der Waals surface area contributed by atoms with E-state index in [4.69, 9.17) is 18.6 Å². The van der Waals surface area contributed by atoms with Crippen molar-refractivity contribution in [3.8, 4) is 22.3 Å². The van der Waals surface area contributed by atoms with Crippen LogP contribution in [0.15, 0.2) is 249 Å². The lowest BCUT2D eigenvalue weighted by molar-refractivity contribution is 0.0825. The third-order valence-electron chi connectivity index (χ3n) is 16.6. The van der Waals surface area contributed by atoms with Crippen LogP contribution in [0.1, 0.15) is 60.8 Å². The van der Waals surface area contributed by atoms with Crippen LogP contribution in [0.4, 0.5) is 0 Å². The van der Waals surface area contributed by atoms with Crippen LogP contribution in [0.25, 0.3) is 83.0 Å². The number of rotatable bonds is 8. The Morgan fingerprint density at radius 1 is 0.480 bits per heavy atom. The number of hydrogen-bond donors (Lipinski definition) is 1. The Kier molecular flexibility index (Phi) is 10.7. The van der Waals surface area contributed by atoms with Crippen LogP contribution in [0.3, 0.4) is 0 Å². The third-order valence-corrected chi connectivity index (χ3v) is 16.6. The summed E-state index contributed by atoms with van der Waals surface area (Å²) in [4.78, 5) is 5.37. The largest absolute Gasteiger partial charge is 0.456 e. The van der Waals surface area contributed by atoms with Gasteiger partial charge in [0.2, 0.25) is 0 Å². The molecule has 1 saturated heterocycles. The number of furan rings is 2. The van der Waals surface area contributed by atoms with Gasteiger partial charge in [-0.15, -0.1) is 0 Å². The lowest BCUT2D eigenvalue weighted by atomic mass is 9.77. The molecule has 0 spiro atoms. The van der Waals surface area contributed by atoms with Crippen molar-refractivity contribution < 1.29 is 13.6 Å². The SMILES string of the molecule is C1=CC2OC3C=CC(c4cc(C5=CC(C6=CC=C(C7C=C(c8ccc(-c9ccc%10oc%11ccccc%11c%10c9)cc8)NC(c8ccccc8)=N7)CC6)=CCC5)cc(-c5ccc6oc7ccccc7c6c5)c4)=CC3C2CC1. The molecule has 2 aromatic heterocycles. The fourth-order valence-corrected chi connectivity index (χ4v) is 12.7. The Labute approximate surface area is 436 Å². The predicted octanol–water partition coefficient (Wildman–Crippen LogP) is 17.3. The quantitative estimate of drug-likeness (QED) is 0.154. The van der Waals surface area contributed by atoms with Gasteiger partial charge >= 0.3 is 0 Å². The van der Waals surface area contributed by atoms with E-state index < -0.39 is 0 Å². The molecule has 5 heteroatoms. The molecule has 4 aliphatic carbocycles. The molecule has 15 rings (SSSR count). The van der Waals surface area contributed by atoms with Gasteiger partial charge in [-0.3, -0.25) is 4.99 Å². The molecule has 1 fully saturated rings. The molecule has 6 aliphatic rings. The van der Waals surface area contributed by atoms with Crippen molar-refractivity contribution in [2.75, 3.05) is 0 Å². The van der Waals surface area contributed by atoms with Gasteiger partial charge in [0, 0.05) is 38.7 Å². The average molecular weight is 971 g/mol. The Morgan fingerprint density at radius 3 is 1.92 bits per heavy atom. The minimum absolute atomic E-state index is 0.0905. The first-order valence-electron chi connectivity index (χ1n) is 26.8. The van der Waals surface area contributed by atoms with Crippen LogP contribution in [-0.2, 0) is 4.74 Å². The molecule has 9 aromatic rings. The summed E-state index contributed by atoms with van der Waals surface area (Å²) in [5, 5.41) is 8.30. The fourth-order valence-electron chi connectivity index (χ4n) is 12.7. The van der Waals surface area contributed by atoms with Gasteiger partial charge in [0.25, 0.3) is 0 Å². The molecule has 7 aromatic carbocycles. The van der Waals surface area contributed by atoms with Crippen molar-refractivity contribution in [1.29, 1.82) is 0 Å². The van der Waals surface area contributed by atoms with Gasteiger partial charge < -0.3 is 18.9 Å². The van der Waals surface area contributed by atoms with Gasteiger partial charge in [0.15, 0.2) is 0 Å². The number of nitrogens with one attached hydrogen (secondary N) is 1. The zero-order valence-corrected chi connectivity index (χ0v) is 41.6. The van der Waals surface area contributed by atoms with E-state index in [2.05, 4.69) is 206 Å². The van der Waals surface area contributed by atoms with Crippen LogP contribution in [0, 0.1) is 11.8 Å². The maximum Gasteiger partial charge on any atom is 0.135 e. The molecule has 5 unspecified atom stereocenters. The van der Waals surface area contributed by atoms with Crippen molar-refractivity contribution in [2.24, 2.45) is 16.8 Å². The summed E-state index contributed by atoms with van der Waals surface area (Å²) in [6, 6.07) is 56.4. The highest BCUT2D eigenvalue weighted by Gasteiger charge is 2.42. The first-order valence-corrected chi connectivity index (χ1v) is 26.8. The highest BCUT2D eigenvalue weighted by molar-refractivity contribution is 6.08. The van der Waals surface area contributed by atoms with E-state index >= 15 is 0 Å². The van der Waals surface area contributed by atoms with Crippen molar-refractivity contribution in [3.63, 3.8) is 0 Å². The van der Waals surface area contributed by atoms with Gasteiger partial charge in [0.1, 0.15) is 28.2 Å².